The molecule has 1 amide bonds. The molecule has 1 saturated heterocycles. The van der Waals surface area contributed by atoms with Crippen molar-refractivity contribution in [3.8, 4) is 0 Å². The lowest BCUT2D eigenvalue weighted by molar-refractivity contribution is -0.127. The SMILES string of the molecule is CC1CC(NC(=NCC(=O)N(C)C)NC2CC2)CN1C1CC1.I. The standard InChI is InChI=1S/C16H29N5O.HI/c1-11-8-13(10-21(11)14-6-7-14)19-16(18-12-4-5-12)17-9-15(22)20(2)3;/h11-14H,4-10H2,1-3H3,(H2,17,18,19);1H. The summed E-state index contributed by atoms with van der Waals surface area (Å²) < 4.78 is 0. The van der Waals surface area contributed by atoms with Crippen molar-refractivity contribution in [2.75, 3.05) is 27.2 Å². The normalized spacial score (nSPS) is 28.2. The summed E-state index contributed by atoms with van der Waals surface area (Å²) in [4.78, 5) is 20.4. The van der Waals surface area contributed by atoms with Crippen molar-refractivity contribution in [2.45, 2.75) is 63.2 Å². The first kappa shape index (κ1) is 18.8. The Morgan fingerprint density at radius 2 is 1.83 bits per heavy atom. The Hall–Kier alpha value is -0.570. The number of guanidine groups is 1. The van der Waals surface area contributed by atoms with E-state index in [0.29, 0.717) is 18.1 Å². The molecule has 0 aromatic carbocycles. The van der Waals surface area contributed by atoms with Gasteiger partial charge in [-0.2, -0.15) is 0 Å². The molecule has 2 atom stereocenters. The van der Waals surface area contributed by atoms with Crippen LogP contribution in [0.1, 0.15) is 39.0 Å². The lowest BCUT2D eigenvalue weighted by Gasteiger charge is -2.20. The summed E-state index contributed by atoms with van der Waals surface area (Å²) in [6.45, 7) is 3.63. The number of rotatable bonds is 5. The zero-order valence-corrected chi connectivity index (χ0v) is 16.7. The van der Waals surface area contributed by atoms with Crippen LogP contribution in [0.5, 0.6) is 0 Å². The molecule has 0 radical (unpaired) electrons. The predicted molar refractivity (Wildman–Crippen MR) is 103 cm³/mol. The third-order valence-electron chi connectivity index (χ3n) is 4.77. The maximum absolute atomic E-state index is 11.7. The summed E-state index contributed by atoms with van der Waals surface area (Å²) >= 11 is 0. The monoisotopic (exact) mass is 435 g/mol. The molecule has 3 fully saturated rings. The van der Waals surface area contributed by atoms with Gasteiger partial charge in [-0.1, -0.05) is 0 Å². The van der Waals surface area contributed by atoms with E-state index in [1.807, 2.05) is 0 Å². The van der Waals surface area contributed by atoms with Gasteiger partial charge in [0.1, 0.15) is 6.54 Å². The Bertz CT molecular complexity index is 448. The highest BCUT2D eigenvalue weighted by atomic mass is 127. The van der Waals surface area contributed by atoms with Gasteiger partial charge < -0.3 is 15.5 Å². The quantitative estimate of drug-likeness (QED) is 0.385. The van der Waals surface area contributed by atoms with Crippen LogP contribution in [0, 0.1) is 0 Å². The summed E-state index contributed by atoms with van der Waals surface area (Å²) in [5.41, 5.74) is 0. The molecule has 2 unspecified atom stereocenters. The number of carbonyl (C=O) groups excluding carboxylic acids is 1. The van der Waals surface area contributed by atoms with Crippen molar-refractivity contribution in [3.63, 3.8) is 0 Å². The van der Waals surface area contributed by atoms with E-state index in [0.717, 1.165) is 25.0 Å². The molecule has 3 rings (SSSR count). The molecule has 1 aliphatic heterocycles. The van der Waals surface area contributed by atoms with Gasteiger partial charge in [0, 0.05) is 44.8 Å². The minimum atomic E-state index is 0. The lowest BCUT2D eigenvalue weighted by atomic mass is 10.2. The number of likely N-dealkylation sites (tertiary alicyclic amines) is 1. The fraction of sp³-hybridized carbons (Fsp3) is 0.875. The zero-order valence-electron chi connectivity index (χ0n) is 14.4. The number of halogens is 1. The van der Waals surface area contributed by atoms with Crippen LogP contribution >= 0.6 is 24.0 Å². The van der Waals surface area contributed by atoms with E-state index in [4.69, 9.17) is 0 Å². The molecule has 0 aromatic rings. The number of nitrogens with one attached hydrogen (secondary N) is 2. The smallest absolute Gasteiger partial charge is 0.243 e. The van der Waals surface area contributed by atoms with Gasteiger partial charge in [0.25, 0.3) is 0 Å². The summed E-state index contributed by atoms with van der Waals surface area (Å²) in [7, 11) is 3.54. The van der Waals surface area contributed by atoms with Crippen molar-refractivity contribution < 1.29 is 4.79 Å². The summed E-state index contributed by atoms with van der Waals surface area (Å²) in [5.74, 6) is 0.851. The largest absolute Gasteiger partial charge is 0.354 e. The molecule has 132 valence electrons. The Morgan fingerprint density at radius 1 is 1.17 bits per heavy atom. The minimum Gasteiger partial charge on any atom is -0.354 e. The van der Waals surface area contributed by atoms with Gasteiger partial charge >= 0.3 is 0 Å². The van der Waals surface area contributed by atoms with E-state index in [1.54, 1.807) is 19.0 Å². The average Bonchev–Trinajstić information content (AvgIpc) is 3.36. The highest BCUT2D eigenvalue weighted by Crippen LogP contribution is 2.33. The van der Waals surface area contributed by atoms with E-state index >= 15 is 0 Å². The lowest BCUT2D eigenvalue weighted by Crippen LogP contribution is -2.46. The van der Waals surface area contributed by atoms with E-state index in [1.165, 1.54) is 25.7 Å². The number of likely N-dealkylation sites (N-methyl/N-ethyl adjacent to an activating group) is 1. The van der Waals surface area contributed by atoms with Gasteiger partial charge in [0.2, 0.25) is 5.91 Å². The fourth-order valence-corrected chi connectivity index (χ4v) is 3.11. The molecule has 7 heteroatoms. The number of aliphatic imine (C=N–C) groups is 1. The second kappa shape index (κ2) is 8.00. The number of hydrogen-bond donors (Lipinski definition) is 2. The minimum absolute atomic E-state index is 0. The molecule has 2 saturated carbocycles. The topological polar surface area (TPSA) is 60.0 Å². The summed E-state index contributed by atoms with van der Waals surface area (Å²) in [6, 6.07) is 2.44. The molecule has 0 bridgehead atoms. The molecule has 23 heavy (non-hydrogen) atoms. The predicted octanol–water partition coefficient (Wildman–Crippen LogP) is 1.02. The fourth-order valence-electron chi connectivity index (χ4n) is 3.11. The Labute approximate surface area is 156 Å². The van der Waals surface area contributed by atoms with Crippen LogP contribution in [0.4, 0.5) is 0 Å². The molecule has 6 nitrogen and oxygen atoms in total. The van der Waals surface area contributed by atoms with Gasteiger partial charge in [-0.15, -0.1) is 24.0 Å². The van der Waals surface area contributed by atoms with Crippen LogP contribution < -0.4 is 10.6 Å². The molecule has 1 heterocycles. The number of carbonyl (C=O) groups is 1. The van der Waals surface area contributed by atoms with Gasteiger partial charge in [-0.25, -0.2) is 4.99 Å². The number of amides is 1. The Balaban J connectivity index is 0.00000192. The van der Waals surface area contributed by atoms with Crippen molar-refractivity contribution in [2.24, 2.45) is 4.99 Å². The van der Waals surface area contributed by atoms with Crippen LogP contribution in [-0.2, 0) is 4.79 Å². The number of hydrogen-bond acceptors (Lipinski definition) is 3. The molecule has 0 aromatic heterocycles. The van der Waals surface area contributed by atoms with Crippen molar-refractivity contribution in [1.82, 2.24) is 20.4 Å². The maximum atomic E-state index is 11.7. The Morgan fingerprint density at radius 3 is 2.39 bits per heavy atom. The van der Waals surface area contributed by atoms with Crippen LogP contribution in [0.25, 0.3) is 0 Å². The Kier molecular flexibility index (Phi) is 6.53. The van der Waals surface area contributed by atoms with E-state index < -0.39 is 0 Å². The summed E-state index contributed by atoms with van der Waals surface area (Å²) in [5, 5.41) is 6.99. The molecular weight excluding hydrogens is 405 g/mol. The van der Waals surface area contributed by atoms with Gasteiger partial charge in [0.05, 0.1) is 0 Å². The molecular formula is C16H30IN5O. The zero-order chi connectivity index (χ0) is 15.7. The summed E-state index contributed by atoms with van der Waals surface area (Å²) in [6.07, 6.45) is 6.28. The second-order valence-electron chi connectivity index (χ2n) is 7.23. The van der Waals surface area contributed by atoms with Gasteiger partial charge in [0.15, 0.2) is 5.96 Å². The van der Waals surface area contributed by atoms with Crippen molar-refractivity contribution in [1.29, 1.82) is 0 Å². The van der Waals surface area contributed by atoms with Gasteiger partial charge in [-0.3, -0.25) is 9.69 Å². The highest BCUT2D eigenvalue weighted by Gasteiger charge is 2.39. The van der Waals surface area contributed by atoms with E-state index in [-0.39, 0.29) is 36.4 Å². The van der Waals surface area contributed by atoms with Crippen LogP contribution in [0.15, 0.2) is 4.99 Å². The first-order valence-corrected chi connectivity index (χ1v) is 8.56. The third-order valence-corrected chi connectivity index (χ3v) is 4.77. The molecule has 2 aliphatic carbocycles. The number of nitrogens with zero attached hydrogens (tertiary/aromatic N) is 3. The van der Waals surface area contributed by atoms with Crippen LogP contribution in [0.3, 0.4) is 0 Å². The first-order valence-electron chi connectivity index (χ1n) is 8.56. The average molecular weight is 435 g/mol. The molecule has 2 N–H and O–H groups in total. The van der Waals surface area contributed by atoms with Crippen LogP contribution in [0.2, 0.25) is 0 Å². The van der Waals surface area contributed by atoms with E-state index in [2.05, 4.69) is 27.4 Å². The second-order valence-corrected chi connectivity index (χ2v) is 7.23. The maximum Gasteiger partial charge on any atom is 0.243 e. The van der Waals surface area contributed by atoms with Crippen molar-refractivity contribution >= 4 is 35.8 Å². The van der Waals surface area contributed by atoms with Crippen molar-refractivity contribution in [3.05, 3.63) is 0 Å². The molecule has 0 spiro atoms. The third kappa shape index (κ3) is 5.48. The highest BCUT2D eigenvalue weighted by molar-refractivity contribution is 14.0. The molecule has 3 aliphatic rings. The van der Waals surface area contributed by atoms with Gasteiger partial charge in [-0.05, 0) is 39.0 Å². The first-order chi connectivity index (χ1) is 10.5. The van der Waals surface area contributed by atoms with E-state index in [9.17, 15) is 4.79 Å². The van der Waals surface area contributed by atoms with Crippen LogP contribution in [-0.4, -0.2) is 73.0 Å².